The van der Waals surface area contributed by atoms with Crippen LogP contribution >= 0.6 is 0 Å². The monoisotopic (exact) mass is 300 g/mol. The molecule has 6 nitrogen and oxygen atoms in total. The number of nitrogens with one attached hydrogen (secondary N) is 2. The lowest BCUT2D eigenvalue weighted by Gasteiger charge is -2.07. The molecule has 20 heavy (non-hydrogen) atoms. The SMILES string of the molecule is CCCNS(=O)(=O)c1c(C)nn(CCNC2CC2)c1C. The van der Waals surface area contributed by atoms with Crippen molar-refractivity contribution in [2.45, 2.75) is 57.5 Å². The topological polar surface area (TPSA) is 76.0 Å². The third-order valence-corrected chi connectivity index (χ3v) is 5.17. The Morgan fingerprint density at radius 2 is 2.00 bits per heavy atom. The van der Waals surface area contributed by atoms with Crippen molar-refractivity contribution in [1.82, 2.24) is 19.8 Å². The Kier molecular flexibility index (Phi) is 4.82. The number of aromatic nitrogens is 2. The van der Waals surface area contributed by atoms with E-state index in [1.165, 1.54) is 12.8 Å². The lowest BCUT2D eigenvalue weighted by molar-refractivity contribution is 0.539. The minimum atomic E-state index is -3.45. The maximum absolute atomic E-state index is 12.3. The van der Waals surface area contributed by atoms with E-state index in [-0.39, 0.29) is 0 Å². The van der Waals surface area contributed by atoms with Crippen molar-refractivity contribution < 1.29 is 8.42 Å². The molecule has 0 radical (unpaired) electrons. The molecule has 0 bridgehead atoms. The van der Waals surface area contributed by atoms with Crippen LogP contribution in [0.25, 0.3) is 0 Å². The fourth-order valence-electron chi connectivity index (χ4n) is 2.26. The van der Waals surface area contributed by atoms with Gasteiger partial charge in [0.05, 0.1) is 17.9 Å². The van der Waals surface area contributed by atoms with Gasteiger partial charge in [-0.15, -0.1) is 0 Å². The first-order valence-corrected chi connectivity index (χ1v) is 8.71. The van der Waals surface area contributed by atoms with Gasteiger partial charge in [-0.3, -0.25) is 4.68 Å². The summed E-state index contributed by atoms with van der Waals surface area (Å²) in [5.41, 5.74) is 1.28. The minimum Gasteiger partial charge on any atom is -0.312 e. The normalized spacial score (nSPS) is 15.8. The summed E-state index contributed by atoms with van der Waals surface area (Å²) in [4.78, 5) is 0.331. The van der Waals surface area contributed by atoms with Gasteiger partial charge in [0.2, 0.25) is 10.0 Å². The van der Waals surface area contributed by atoms with Crippen molar-refractivity contribution >= 4 is 10.0 Å². The summed E-state index contributed by atoms with van der Waals surface area (Å²) in [7, 11) is -3.45. The molecule has 0 spiro atoms. The molecule has 1 aromatic heterocycles. The first kappa shape index (κ1) is 15.5. The van der Waals surface area contributed by atoms with E-state index in [2.05, 4.69) is 15.1 Å². The van der Waals surface area contributed by atoms with Crippen molar-refractivity contribution in [2.24, 2.45) is 0 Å². The Morgan fingerprint density at radius 1 is 1.30 bits per heavy atom. The molecule has 0 unspecified atom stereocenters. The second kappa shape index (κ2) is 6.24. The molecule has 1 aliphatic rings. The highest BCUT2D eigenvalue weighted by Crippen LogP contribution is 2.20. The molecular formula is C13H24N4O2S. The van der Waals surface area contributed by atoms with Crippen molar-refractivity contribution in [3.8, 4) is 0 Å². The van der Waals surface area contributed by atoms with E-state index >= 15 is 0 Å². The largest absolute Gasteiger partial charge is 0.312 e. The zero-order valence-corrected chi connectivity index (χ0v) is 13.3. The van der Waals surface area contributed by atoms with Gasteiger partial charge in [0.15, 0.2) is 0 Å². The lowest BCUT2D eigenvalue weighted by atomic mass is 10.4. The van der Waals surface area contributed by atoms with E-state index in [4.69, 9.17) is 0 Å². The Bertz CT molecular complexity index is 561. The molecule has 114 valence electrons. The number of sulfonamides is 1. The number of rotatable bonds is 8. The Labute approximate surface area is 121 Å². The van der Waals surface area contributed by atoms with Gasteiger partial charge in [-0.05, 0) is 33.1 Å². The van der Waals surface area contributed by atoms with Crippen LogP contribution in [-0.4, -0.2) is 37.3 Å². The highest BCUT2D eigenvalue weighted by Gasteiger charge is 2.24. The predicted molar refractivity (Wildman–Crippen MR) is 78.2 cm³/mol. The maximum atomic E-state index is 12.3. The number of aryl methyl sites for hydroxylation is 1. The molecule has 2 rings (SSSR count). The van der Waals surface area contributed by atoms with Crippen LogP contribution in [0.15, 0.2) is 4.90 Å². The highest BCUT2D eigenvalue weighted by atomic mass is 32.2. The van der Waals surface area contributed by atoms with E-state index in [1.54, 1.807) is 11.6 Å². The van der Waals surface area contributed by atoms with E-state index in [0.717, 1.165) is 13.0 Å². The molecule has 1 heterocycles. The lowest BCUT2D eigenvalue weighted by Crippen LogP contribution is -2.26. The molecule has 0 aliphatic heterocycles. The summed E-state index contributed by atoms with van der Waals surface area (Å²) in [5.74, 6) is 0. The summed E-state index contributed by atoms with van der Waals surface area (Å²) >= 11 is 0. The summed E-state index contributed by atoms with van der Waals surface area (Å²) in [6.45, 7) is 7.49. The molecule has 0 amide bonds. The van der Waals surface area contributed by atoms with Crippen molar-refractivity contribution in [3.05, 3.63) is 11.4 Å². The number of hydrogen-bond acceptors (Lipinski definition) is 4. The van der Waals surface area contributed by atoms with Gasteiger partial charge in [0.1, 0.15) is 4.90 Å². The van der Waals surface area contributed by atoms with Gasteiger partial charge < -0.3 is 5.32 Å². The van der Waals surface area contributed by atoms with Crippen LogP contribution in [0.4, 0.5) is 0 Å². The smallest absolute Gasteiger partial charge is 0.244 e. The van der Waals surface area contributed by atoms with Crippen molar-refractivity contribution in [2.75, 3.05) is 13.1 Å². The fraction of sp³-hybridized carbons (Fsp3) is 0.769. The minimum absolute atomic E-state index is 0.331. The molecule has 0 saturated heterocycles. The summed E-state index contributed by atoms with van der Waals surface area (Å²) < 4.78 is 28.9. The van der Waals surface area contributed by atoms with Crippen LogP contribution in [0, 0.1) is 13.8 Å². The second-order valence-corrected chi connectivity index (χ2v) is 7.05. The Morgan fingerprint density at radius 3 is 2.60 bits per heavy atom. The zero-order chi connectivity index (χ0) is 14.8. The Hall–Kier alpha value is -0.920. The van der Waals surface area contributed by atoms with Crippen molar-refractivity contribution in [3.63, 3.8) is 0 Å². The quantitative estimate of drug-likeness (QED) is 0.749. The van der Waals surface area contributed by atoms with E-state index in [1.807, 2.05) is 13.8 Å². The third-order valence-electron chi connectivity index (χ3n) is 3.46. The average molecular weight is 300 g/mol. The molecule has 7 heteroatoms. The van der Waals surface area contributed by atoms with Gasteiger partial charge in [0, 0.05) is 19.1 Å². The number of hydrogen-bond donors (Lipinski definition) is 2. The molecule has 1 aliphatic carbocycles. The number of nitrogens with zero attached hydrogens (tertiary/aromatic N) is 2. The molecule has 2 N–H and O–H groups in total. The van der Waals surface area contributed by atoms with E-state index < -0.39 is 10.0 Å². The molecule has 1 saturated carbocycles. The molecular weight excluding hydrogens is 276 g/mol. The van der Waals surface area contributed by atoms with Crippen LogP contribution < -0.4 is 10.0 Å². The van der Waals surface area contributed by atoms with Crippen LogP contribution in [0.2, 0.25) is 0 Å². The summed E-state index contributed by atoms with van der Waals surface area (Å²) in [5, 5.41) is 7.77. The first-order chi connectivity index (χ1) is 9.45. The van der Waals surface area contributed by atoms with E-state index in [9.17, 15) is 8.42 Å². The van der Waals surface area contributed by atoms with Gasteiger partial charge in [-0.2, -0.15) is 5.10 Å². The van der Waals surface area contributed by atoms with E-state index in [0.29, 0.717) is 35.4 Å². The van der Waals surface area contributed by atoms with Crippen LogP contribution in [0.1, 0.15) is 37.6 Å². The third kappa shape index (κ3) is 3.59. The predicted octanol–water partition coefficient (Wildman–Crippen LogP) is 0.940. The van der Waals surface area contributed by atoms with Gasteiger partial charge in [-0.25, -0.2) is 13.1 Å². The van der Waals surface area contributed by atoms with Gasteiger partial charge in [0.25, 0.3) is 0 Å². The van der Waals surface area contributed by atoms with Crippen LogP contribution in [0.5, 0.6) is 0 Å². The first-order valence-electron chi connectivity index (χ1n) is 7.22. The zero-order valence-electron chi connectivity index (χ0n) is 12.4. The molecule has 0 atom stereocenters. The second-order valence-electron chi connectivity index (χ2n) is 5.35. The van der Waals surface area contributed by atoms with Crippen LogP contribution in [-0.2, 0) is 16.6 Å². The van der Waals surface area contributed by atoms with Gasteiger partial charge in [-0.1, -0.05) is 6.92 Å². The average Bonchev–Trinajstić information content (AvgIpc) is 3.14. The standard InChI is InChI=1S/C13H24N4O2S/c1-4-7-15-20(18,19)13-10(2)16-17(11(13)3)9-8-14-12-5-6-12/h12,14-15H,4-9H2,1-3H3. The van der Waals surface area contributed by atoms with Gasteiger partial charge >= 0.3 is 0 Å². The van der Waals surface area contributed by atoms with Crippen LogP contribution in [0.3, 0.4) is 0 Å². The Balaban J connectivity index is 2.10. The van der Waals surface area contributed by atoms with Crippen molar-refractivity contribution in [1.29, 1.82) is 0 Å². The molecule has 1 fully saturated rings. The highest BCUT2D eigenvalue weighted by molar-refractivity contribution is 7.89. The molecule has 0 aromatic carbocycles. The summed E-state index contributed by atoms with van der Waals surface area (Å²) in [6, 6.07) is 0.654. The maximum Gasteiger partial charge on any atom is 0.244 e. The summed E-state index contributed by atoms with van der Waals surface area (Å²) in [6.07, 6.45) is 3.27. The molecule has 1 aromatic rings. The fourth-order valence-corrected chi connectivity index (χ4v) is 3.80.